The quantitative estimate of drug-likeness (QED) is 0.762. The minimum atomic E-state index is 0.0167. The van der Waals surface area contributed by atoms with Crippen LogP contribution in [0.25, 0.3) is 0 Å². The maximum atomic E-state index is 12.1. The minimum Gasteiger partial charge on any atom is -0.462 e. The summed E-state index contributed by atoms with van der Waals surface area (Å²) >= 11 is 0. The maximum Gasteiger partial charge on any atom is 0.311 e. The zero-order valence-electron chi connectivity index (χ0n) is 10.7. The van der Waals surface area contributed by atoms with Crippen LogP contribution in [0, 0.1) is 11.8 Å². The van der Waals surface area contributed by atoms with Crippen molar-refractivity contribution in [3.05, 3.63) is 23.9 Å². The van der Waals surface area contributed by atoms with Crippen molar-refractivity contribution in [2.75, 3.05) is 6.54 Å². The van der Waals surface area contributed by atoms with Gasteiger partial charge in [-0.3, -0.25) is 4.79 Å². The largest absolute Gasteiger partial charge is 0.462 e. The minimum absolute atomic E-state index is 0.0167. The van der Waals surface area contributed by atoms with Crippen LogP contribution < -0.4 is 5.32 Å². The van der Waals surface area contributed by atoms with Crippen LogP contribution in [0.15, 0.2) is 23.9 Å². The van der Waals surface area contributed by atoms with E-state index in [-0.39, 0.29) is 18.0 Å². The molecule has 3 nitrogen and oxygen atoms in total. The summed E-state index contributed by atoms with van der Waals surface area (Å²) in [7, 11) is 0. The number of rotatable bonds is 2. The normalized spacial score (nSPS) is 31.4. The molecule has 0 aromatic carbocycles. The number of carbonyl (C=O) groups excluding carboxylic acids is 1. The molecule has 98 valence electrons. The molecule has 2 fully saturated rings. The second kappa shape index (κ2) is 5.17. The molecule has 1 aliphatic heterocycles. The predicted octanol–water partition coefficient (Wildman–Crippen LogP) is 2.54. The monoisotopic (exact) mass is 247 g/mol. The van der Waals surface area contributed by atoms with Crippen LogP contribution in [0.3, 0.4) is 0 Å². The number of nitrogens with one attached hydrogen (secondary N) is 1. The first-order chi connectivity index (χ1) is 8.83. The summed E-state index contributed by atoms with van der Waals surface area (Å²) in [6, 6.07) is 0. The Hall–Kier alpha value is -1.25. The van der Waals surface area contributed by atoms with Gasteiger partial charge in [-0.1, -0.05) is 12.2 Å². The molecule has 0 aromatic rings. The van der Waals surface area contributed by atoms with Gasteiger partial charge >= 0.3 is 5.97 Å². The van der Waals surface area contributed by atoms with Crippen LogP contribution >= 0.6 is 0 Å². The van der Waals surface area contributed by atoms with E-state index in [1.807, 2.05) is 0 Å². The zero-order chi connectivity index (χ0) is 12.4. The van der Waals surface area contributed by atoms with Crippen molar-refractivity contribution >= 4 is 5.97 Å². The summed E-state index contributed by atoms with van der Waals surface area (Å²) in [5, 5.41) is 3.39. The molecule has 0 bridgehead atoms. The lowest BCUT2D eigenvalue weighted by molar-refractivity contribution is -0.154. The molecule has 0 aromatic heterocycles. The number of piperidine rings is 1. The van der Waals surface area contributed by atoms with Crippen LogP contribution in [0.5, 0.6) is 0 Å². The Morgan fingerprint density at radius 2 is 2.17 bits per heavy atom. The first-order valence-electron chi connectivity index (χ1n) is 7.14. The molecule has 3 aliphatic rings. The van der Waals surface area contributed by atoms with Crippen LogP contribution in [-0.4, -0.2) is 18.6 Å². The van der Waals surface area contributed by atoms with Crippen molar-refractivity contribution in [1.82, 2.24) is 5.32 Å². The van der Waals surface area contributed by atoms with Gasteiger partial charge in [-0.15, -0.1) is 0 Å². The SMILES string of the molecule is O=C(OC1CCCC1)C1CNC2=CC=CCC2C1. The van der Waals surface area contributed by atoms with Crippen molar-refractivity contribution in [2.45, 2.75) is 44.6 Å². The molecule has 1 N–H and O–H groups in total. The fourth-order valence-electron chi connectivity index (χ4n) is 3.22. The highest BCUT2D eigenvalue weighted by atomic mass is 16.5. The second-order valence-electron chi connectivity index (χ2n) is 5.64. The van der Waals surface area contributed by atoms with Gasteiger partial charge in [0.05, 0.1) is 5.92 Å². The number of esters is 1. The van der Waals surface area contributed by atoms with Crippen molar-refractivity contribution in [2.24, 2.45) is 11.8 Å². The van der Waals surface area contributed by atoms with E-state index in [1.165, 1.54) is 18.5 Å². The van der Waals surface area contributed by atoms with Gasteiger partial charge in [0.1, 0.15) is 6.10 Å². The first-order valence-corrected chi connectivity index (χ1v) is 7.14. The highest BCUT2D eigenvalue weighted by Crippen LogP contribution is 2.31. The van der Waals surface area contributed by atoms with Gasteiger partial charge in [-0.2, -0.15) is 0 Å². The van der Waals surface area contributed by atoms with Gasteiger partial charge in [0, 0.05) is 18.2 Å². The molecule has 1 saturated heterocycles. The molecule has 1 heterocycles. The van der Waals surface area contributed by atoms with E-state index >= 15 is 0 Å². The zero-order valence-corrected chi connectivity index (χ0v) is 10.7. The van der Waals surface area contributed by atoms with Crippen molar-refractivity contribution in [1.29, 1.82) is 0 Å². The third kappa shape index (κ3) is 2.45. The number of hydrogen-bond donors (Lipinski definition) is 1. The summed E-state index contributed by atoms with van der Waals surface area (Å²) in [5.74, 6) is 0.548. The fraction of sp³-hybridized carbons (Fsp3) is 0.667. The lowest BCUT2D eigenvalue weighted by atomic mass is 9.83. The Bertz CT molecular complexity index is 380. The molecule has 0 radical (unpaired) electrons. The fourth-order valence-corrected chi connectivity index (χ4v) is 3.22. The molecule has 0 spiro atoms. The van der Waals surface area contributed by atoms with Gasteiger partial charge in [0.15, 0.2) is 0 Å². The number of ether oxygens (including phenoxy) is 1. The van der Waals surface area contributed by atoms with E-state index in [9.17, 15) is 4.79 Å². The number of fused-ring (bicyclic) bond motifs is 1. The molecular weight excluding hydrogens is 226 g/mol. The lowest BCUT2D eigenvalue weighted by Gasteiger charge is -2.33. The Labute approximate surface area is 108 Å². The smallest absolute Gasteiger partial charge is 0.311 e. The molecule has 0 amide bonds. The van der Waals surface area contributed by atoms with Gasteiger partial charge in [-0.05, 0) is 44.6 Å². The molecule has 2 atom stereocenters. The van der Waals surface area contributed by atoms with Crippen molar-refractivity contribution in [3.63, 3.8) is 0 Å². The Kier molecular flexibility index (Phi) is 3.39. The topological polar surface area (TPSA) is 38.3 Å². The summed E-state index contributed by atoms with van der Waals surface area (Å²) < 4.78 is 5.61. The standard InChI is InChI=1S/C15H21NO2/c17-15(18-13-6-2-3-7-13)12-9-11-5-1-4-8-14(11)16-10-12/h1,4,8,11-13,16H,2-3,5-7,9-10H2. The second-order valence-corrected chi connectivity index (χ2v) is 5.64. The predicted molar refractivity (Wildman–Crippen MR) is 69.8 cm³/mol. The molecule has 1 saturated carbocycles. The van der Waals surface area contributed by atoms with Crippen molar-refractivity contribution in [3.8, 4) is 0 Å². The van der Waals surface area contributed by atoms with E-state index < -0.39 is 0 Å². The summed E-state index contributed by atoms with van der Waals surface area (Å²) in [6.07, 6.45) is 13.1. The van der Waals surface area contributed by atoms with Gasteiger partial charge in [-0.25, -0.2) is 0 Å². The Balaban J connectivity index is 1.55. The molecule has 3 heteroatoms. The van der Waals surface area contributed by atoms with Crippen LogP contribution in [0.2, 0.25) is 0 Å². The Morgan fingerprint density at radius 1 is 1.33 bits per heavy atom. The van der Waals surface area contributed by atoms with Crippen LogP contribution in [0.4, 0.5) is 0 Å². The third-order valence-corrected chi connectivity index (χ3v) is 4.31. The average molecular weight is 247 g/mol. The summed E-state index contributed by atoms with van der Waals surface area (Å²) in [5.41, 5.74) is 1.29. The van der Waals surface area contributed by atoms with Gasteiger partial charge < -0.3 is 10.1 Å². The third-order valence-electron chi connectivity index (χ3n) is 4.31. The molecule has 18 heavy (non-hydrogen) atoms. The van der Waals surface area contributed by atoms with Crippen molar-refractivity contribution < 1.29 is 9.53 Å². The van der Waals surface area contributed by atoms with E-state index in [1.54, 1.807) is 0 Å². The van der Waals surface area contributed by atoms with E-state index in [0.717, 1.165) is 32.2 Å². The Morgan fingerprint density at radius 3 is 3.00 bits per heavy atom. The molecule has 2 unspecified atom stereocenters. The number of allylic oxidation sites excluding steroid dienone is 4. The van der Waals surface area contributed by atoms with Gasteiger partial charge in [0.25, 0.3) is 0 Å². The lowest BCUT2D eigenvalue weighted by Crippen LogP contribution is -2.40. The average Bonchev–Trinajstić information content (AvgIpc) is 2.91. The number of carbonyl (C=O) groups is 1. The maximum absolute atomic E-state index is 12.1. The molecule has 3 rings (SSSR count). The number of hydrogen-bond acceptors (Lipinski definition) is 3. The van der Waals surface area contributed by atoms with Crippen LogP contribution in [0.1, 0.15) is 38.5 Å². The molecule has 2 aliphatic carbocycles. The molecular formula is C15H21NO2. The van der Waals surface area contributed by atoms with Gasteiger partial charge in [0.2, 0.25) is 0 Å². The van der Waals surface area contributed by atoms with E-state index in [4.69, 9.17) is 4.74 Å². The van der Waals surface area contributed by atoms with E-state index in [2.05, 4.69) is 23.5 Å². The summed E-state index contributed by atoms with van der Waals surface area (Å²) in [4.78, 5) is 12.1. The first kappa shape index (κ1) is 11.8. The van der Waals surface area contributed by atoms with E-state index in [0.29, 0.717) is 5.92 Å². The summed E-state index contributed by atoms with van der Waals surface area (Å²) in [6.45, 7) is 0.738. The highest BCUT2D eigenvalue weighted by molar-refractivity contribution is 5.73. The van der Waals surface area contributed by atoms with Crippen LogP contribution in [-0.2, 0) is 9.53 Å². The highest BCUT2D eigenvalue weighted by Gasteiger charge is 2.32.